The van der Waals surface area contributed by atoms with Gasteiger partial charge in [-0.15, -0.1) is 0 Å². The molecule has 0 spiro atoms. The highest BCUT2D eigenvalue weighted by molar-refractivity contribution is 6.00. The minimum atomic E-state index is -0.731. The Labute approximate surface area is 227 Å². The molecule has 1 fully saturated rings. The average molecular weight is 544 g/mol. The number of nitrogens with zero attached hydrogens (tertiary/aromatic N) is 2. The first-order valence-electron chi connectivity index (χ1n) is 12.9. The number of rotatable bonds is 7. The van der Waals surface area contributed by atoms with E-state index in [9.17, 15) is 14.4 Å². The number of primary amides is 1. The SMILES string of the molecule is CC(C)(C)NC(=O)c1cc(F)c(N[C@H]2CCCC[C@H]2NC(=O)OC(C)(C)C)nc1Nc1cncc(C(N)=O)c1. The van der Waals surface area contributed by atoms with Gasteiger partial charge in [0, 0.05) is 17.8 Å². The summed E-state index contributed by atoms with van der Waals surface area (Å²) >= 11 is 0. The summed E-state index contributed by atoms with van der Waals surface area (Å²) in [5.74, 6) is -1.98. The molecule has 2 heterocycles. The maximum absolute atomic E-state index is 15.4. The lowest BCUT2D eigenvalue weighted by Gasteiger charge is -2.34. The van der Waals surface area contributed by atoms with Crippen LogP contribution in [0.15, 0.2) is 24.5 Å². The van der Waals surface area contributed by atoms with Crippen molar-refractivity contribution in [3.63, 3.8) is 0 Å². The van der Waals surface area contributed by atoms with Crippen molar-refractivity contribution in [2.24, 2.45) is 5.73 Å². The molecule has 2 aromatic heterocycles. The number of alkyl carbamates (subject to hydrolysis) is 1. The van der Waals surface area contributed by atoms with Gasteiger partial charge in [-0.2, -0.15) is 0 Å². The maximum atomic E-state index is 15.4. The fraction of sp³-hybridized carbons (Fsp3) is 0.519. The molecule has 0 unspecified atom stereocenters. The topological polar surface area (TPSA) is 160 Å². The van der Waals surface area contributed by atoms with E-state index in [4.69, 9.17) is 10.5 Å². The Balaban J connectivity index is 1.93. The largest absolute Gasteiger partial charge is 0.444 e. The highest BCUT2D eigenvalue weighted by Crippen LogP contribution is 2.28. The molecule has 0 bridgehead atoms. The molecule has 1 saturated carbocycles. The van der Waals surface area contributed by atoms with E-state index in [0.29, 0.717) is 18.5 Å². The van der Waals surface area contributed by atoms with Crippen LogP contribution in [0.25, 0.3) is 0 Å². The zero-order valence-corrected chi connectivity index (χ0v) is 23.3. The number of hydrogen-bond acceptors (Lipinski definition) is 8. The normalized spacial score (nSPS) is 17.6. The Morgan fingerprint density at radius 2 is 1.67 bits per heavy atom. The summed E-state index contributed by atoms with van der Waals surface area (Å²) in [5, 5.41) is 11.8. The lowest BCUT2D eigenvalue weighted by Crippen LogP contribution is -2.50. The molecule has 11 nitrogen and oxygen atoms in total. The minimum absolute atomic E-state index is 0.0375. The molecule has 212 valence electrons. The Bertz CT molecular complexity index is 1220. The predicted molar refractivity (Wildman–Crippen MR) is 146 cm³/mol. The van der Waals surface area contributed by atoms with Crippen LogP contribution < -0.4 is 27.0 Å². The van der Waals surface area contributed by atoms with Crippen molar-refractivity contribution in [1.82, 2.24) is 20.6 Å². The highest BCUT2D eigenvalue weighted by atomic mass is 19.1. The van der Waals surface area contributed by atoms with Gasteiger partial charge in [-0.3, -0.25) is 14.6 Å². The maximum Gasteiger partial charge on any atom is 0.407 e. The fourth-order valence-corrected chi connectivity index (χ4v) is 4.16. The van der Waals surface area contributed by atoms with Gasteiger partial charge >= 0.3 is 6.09 Å². The van der Waals surface area contributed by atoms with Crippen molar-refractivity contribution >= 4 is 35.2 Å². The number of ether oxygens (including phenoxy) is 1. The number of nitrogens with one attached hydrogen (secondary N) is 4. The Morgan fingerprint density at radius 3 is 2.28 bits per heavy atom. The smallest absolute Gasteiger partial charge is 0.407 e. The van der Waals surface area contributed by atoms with Crippen LogP contribution in [0.1, 0.15) is 87.9 Å². The molecular weight excluding hydrogens is 505 g/mol. The van der Waals surface area contributed by atoms with Crippen molar-refractivity contribution in [2.45, 2.75) is 90.4 Å². The van der Waals surface area contributed by atoms with Gasteiger partial charge in [-0.05, 0) is 66.5 Å². The van der Waals surface area contributed by atoms with Gasteiger partial charge in [0.2, 0.25) is 5.91 Å². The second kappa shape index (κ2) is 11.8. The molecule has 0 radical (unpaired) electrons. The van der Waals surface area contributed by atoms with E-state index in [2.05, 4.69) is 31.2 Å². The zero-order valence-electron chi connectivity index (χ0n) is 23.3. The summed E-state index contributed by atoms with van der Waals surface area (Å²) in [7, 11) is 0. The van der Waals surface area contributed by atoms with Crippen LogP contribution in [-0.2, 0) is 4.74 Å². The number of carbonyl (C=O) groups excluding carboxylic acids is 3. The zero-order chi connectivity index (χ0) is 29.0. The standard InChI is InChI=1S/C27H38FN7O4/c1-26(2,3)35-24(37)17-12-18(28)23(34-22(17)31-16-11-15(21(29)36)13-30-14-16)32-19-9-7-8-10-20(19)33-25(38)39-27(4,5)6/h11-14,19-20H,7-10H2,1-6H3,(H2,29,36)(H,33,38)(H,35,37)(H2,31,32,34)/t19-,20+/m0/s1. The van der Waals surface area contributed by atoms with Crippen molar-refractivity contribution in [1.29, 1.82) is 0 Å². The van der Waals surface area contributed by atoms with E-state index < -0.39 is 34.9 Å². The van der Waals surface area contributed by atoms with Gasteiger partial charge in [0.05, 0.1) is 29.1 Å². The molecular formula is C27H38FN7O4. The Hall–Kier alpha value is -3.96. The van der Waals surface area contributed by atoms with E-state index in [-0.39, 0.29) is 34.8 Å². The third kappa shape index (κ3) is 8.79. The van der Waals surface area contributed by atoms with Gasteiger partial charge in [-0.25, -0.2) is 14.2 Å². The summed E-state index contributed by atoms with van der Waals surface area (Å²) in [6.45, 7) is 10.8. The Morgan fingerprint density at radius 1 is 1.00 bits per heavy atom. The molecule has 2 atom stereocenters. The summed E-state index contributed by atoms with van der Waals surface area (Å²) < 4.78 is 20.8. The van der Waals surface area contributed by atoms with Gasteiger partial charge in [0.15, 0.2) is 11.6 Å². The monoisotopic (exact) mass is 543 g/mol. The number of anilines is 3. The van der Waals surface area contributed by atoms with Crippen LogP contribution in [0.5, 0.6) is 0 Å². The van der Waals surface area contributed by atoms with Crippen molar-refractivity contribution in [2.75, 3.05) is 10.6 Å². The quantitative estimate of drug-likeness (QED) is 0.347. The van der Waals surface area contributed by atoms with Gasteiger partial charge in [-0.1, -0.05) is 12.8 Å². The van der Waals surface area contributed by atoms with Crippen LogP contribution in [0.3, 0.4) is 0 Å². The van der Waals surface area contributed by atoms with Gasteiger partial charge < -0.3 is 31.7 Å². The lowest BCUT2D eigenvalue weighted by atomic mass is 9.90. The summed E-state index contributed by atoms with van der Waals surface area (Å²) in [4.78, 5) is 45.5. The second-order valence-electron chi connectivity index (χ2n) is 11.7. The van der Waals surface area contributed by atoms with Crippen molar-refractivity contribution < 1.29 is 23.5 Å². The number of halogens is 1. The second-order valence-corrected chi connectivity index (χ2v) is 11.7. The number of carbonyl (C=O) groups is 3. The van der Waals surface area contributed by atoms with Crippen molar-refractivity contribution in [3.8, 4) is 0 Å². The van der Waals surface area contributed by atoms with Gasteiger partial charge in [0.25, 0.3) is 5.91 Å². The lowest BCUT2D eigenvalue weighted by molar-refractivity contribution is 0.0488. The number of aromatic nitrogens is 2. The van der Waals surface area contributed by atoms with Crippen LogP contribution in [-0.4, -0.2) is 51.1 Å². The molecule has 12 heteroatoms. The van der Waals surface area contributed by atoms with Gasteiger partial charge in [0.1, 0.15) is 11.4 Å². The number of hydrogen-bond donors (Lipinski definition) is 5. The fourth-order valence-electron chi connectivity index (χ4n) is 4.16. The van der Waals surface area contributed by atoms with Crippen LogP contribution in [0, 0.1) is 5.82 Å². The van der Waals surface area contributed by atoms with E-state index >= 15 is 4.39 Å². The number of amides is 3. The molecule has 1 aliphatic rings. The van der Waals surface area contributed by atoms with Crippen molar-refractivity contribution in [3.05, 3.63) is 41.5 Å². The third-order valence-electron chi connectivity index (χ3n) is 5.78. The first kappa shape index (κ1) is 29.6. The molecule has 6 N–H and O–H groups in total. The molecule has 0 aromatic carbocycles. The van der Waals surface area contributed by atoms with E-state index in [1.807, 2.05) is 0 Å². The third-order valence-corrected chi connectivity index (χ3v) is 5.78. The van der Waals surface area contributed by atoms with E-state index in [0.717, 1.165) is 18.9 Å². The molecule has 0 saturated heterocycles. The molecule has 0 aliphatic heterocycles. The van der Waals surface area contributed by atoms with Crippen LogP contribution in [0.4, 0.5) is 26.5 Å². The van der Waals surface area contributed by atoms with Crippen LogP contribution >= 0.6 is 0 Å². The van der Waals surface area contributed by atoms with E-state index in [1.54, 1.807) is 41.5 Å². The summed E-state index contributed by atoms with van der Waals surface area (Å²) in [6, 6.07) is 1.92. The molecule has 3 rings (SSSR count). The molecule has 1 aliphatic carbocycles. The number of pyridine rings is 2. The average Bonchev–Trinajstić information content (AvgIpc) is 2.80. The first-order chi connectivity index (χ1) is 18.1. The highest BCUT2D eigenvalue weighted by Gasteiger charge is 2.30. The molecule has 2 aromatic rings. The van der Waals surface area contributed by atoms with Crippen LogP contribution in [0.2, 0.25) is 0 Å². The van der Waals surface area contributed by atoms with E-state index in [1.165, 1.54) is 18.5 Å². The summed E-state index contributed by atoms with van der Waals surface area (Å²) in [6.07, 6.45) is 5.33. The predicted octanol–water partition coefficient (Wildman–Crippen LogP) is 4.23. The molecule has 3 amide bonds. The summed E-state index contributed by atoms with van der Waals surface area (Å²) in [5.41, 5.74) is 4.58. The number of nitrogens with two attached hydrogens (primary N) is 1. The Kier molecular flexibility index (Phi) is 8.98. The first-order valence-corrected chi connectivity index (χ1v) is 12.9. The molecule has 39 heavy (non-hydrogen) atoms. The minimum Gasteiger partial charge on any atom is -0.444 e.